The minimum atomic E-state index is -0.499. The largest absolute Gasteiger partial charge is 0.465 e. The van der Waals surface area contributed by atoms with Crippen LogP contribution < -0.4 is 11.1 Å². The van der Waals surface area contributed by atoms with Crippen molar-refractivity contribution in [3.8, 4) is 0 Å². The van der Waals surface area contributed by atoms with E-state index in [1.165, 1.54) is 19.2 Å². The fourth-order valence-corrected chi connectivity index (χ4v) is 2.06. The van der Waals surface area contributed by atoms with Gasteiger partial charge in [0, 0.05) is 11.4 Å². The second-order valence-electron chi connectivity index (χ2n) is 4.05. The van der Waals surface area contributed by atoms with Gasteiger partial charge in [-0.05, 0) is 52.3 Å². The molecular weight excluding hydrogens is 327 g/mol. The van der Waals surface area contributed by atoms with Crippen molar-refractivity contribution in [3.63, 3.8) is 0 Å². The van der Waals surface area contributed by atoms with Gasteiger partial charge in [0.15, 0.2) is 0 Å². The second-order valence-corrected chi connectivity index (χ2v) is 4.90. The summed E-state index contributed by atoms with van der Waals surface area (Å²) in [6.45, 7) is 0. The van der Waals surface area contributed by atoms with E-state index in [-0.39, 0.29) is 5.82 Å². The van der Waals surface area contributed by atoms with Crippen LogP contribution in [0.15, 0.2) is 40.9 Å². The number of anilines is 3. The standard InChI is InChI=1S/C14H12BrFN2O2/c1-20-14(19)10-6-8(17)2-5-13(10)18-9-3-4-12(16)11(15)7-9/h2-7,18H,17H2,1H3. The zero-order valence-electron chi connectivity index (χ0n) is 10.6. The van der Waals surface area contributed by atoms with Crippen LogP contribution in [0.4, 0.5) is 21.5 Å². The predicted octanol–water partition coefficient (Wildman–Crippen LogP) is 3.70. The third kappa shape index (κ3) is 3.08. The van der Waals surface area contributed by atoms with Crippen LogP contribution in [0.1, 0.15) is 10.4 Å². The van der Waals surface area contributed by atoms with Crippen molar-refractivity contribution in [3.05, 3.63) is 52.3 Å². The molecule has 0 atom stereocenters. The van der Waals surface area contributed by atoms with Gasteiger partial charge in [0.25, 0.3) is 0 Å². The number of hydrogen-bond acceptors (Lipinski definition) is 4. The molecule has 0 aliphatic carbocycles. The van der Waals surface area contributed by atoms with Crippen molar-refractivity contribution < 1.29 is 13.9 Å². The lowest BCUT2D eigenvalue weighted by Crippen LogP contribution is -2.06. The maximum Gasteiger partial charge on any atom is 0.340 e. The van der Waals surface area contributed by atoms with E-state index in [1.807, 2.05) is 0 Å². The van der Waals surface area contributed by atoms with Gasteiger partial charge in [-0.25, -0.2) is 9.18 Å². The summed E-state index contributed by atoms with van der Waals surface area (Å²) in [6, 6.07) is 9.31. The summed E-state index contributed by atoms with van der Waals surface area (Å²) in [4.78, 5) is 11.7. The van der Waals surface area contributed by atoms with Crippen LogP contribution >= 0.6 is 15.9 Å². The molecule has 0 radical (unpaired) electrons. The Hall–Kier alpha value is -2.08. The van der Waals surface area contributed by atoms with E-state index in [2.05, 4.69) is 21.2 Å². The van der Waals surface area contributed by atoms with E-state index in [9.17, 15) is 9.18 Å². The smallest absolute Gasteiger partial charge is 0.340 e. The first-order valence-electron chi connectivity index (χ1n) is 5.71. The Balaban J connectivity index is 2.37. The number of nitrogen functional groups attached to an aromatic ring is 1. The van der Waals surface area contributed by atoms with Gasteiger partial charge in [0.1, 0.15) is 5.82 Å². The van der Waals surface area contributed by atoms with Gasteiger partial charge in [-0.2, -0.15) is 0 Å². The number of rotatable bonds is 3. The zero-order valence-corrected chi connectivity index (χ0v) is 12.2. The molecule has 2 aromatic carbocycles. The summed E-state index contributed by atoms with van der Waals surface area (Å²) in [7, 11) is 1.30. The Morgan fingerprint density at radius 1 is 1.30 bits per heavy atom. The van der Waals surface area contributed by atoms with Crippen LogP contribution in [0.25, 0.3) is 0 Å². The molecule has 104 valence electrons. The molecule has 6 heteroatoms. The normalized spacial score (nSPS) is 10.2. The van der Waals surface area contributed by atoms with Crippen LogP contribution in [0.5, 0.6) is 0 Å². The molecule has 2 aromatic rings. The number of esters is 1. The van der Waals surface area contributed by atoms with Crippen molar-refractivity contribution in [2.24, 2.45) is 0 Å². The lowest BCUT2D eigenvalue weighted by molar-refractivity contribution is 0.0602. The van der Waals surface area contributed by atoms with Crippen molar-refractivity contribution in [2.75, 3.05) is 18.2 Å². The molecule has 0 aliphatic heterocycles. The highest BCUT2D eigenvalue weighted by molar-refractivity contribution is 9.10. The van der Waals surface area contributed by atoms with Gasteiger partial charge in [0.2, 0.25) is 0 Å². The van der Waals surface area contributed by atoms with E-state index in [0.717, 1.165) is 0 Å². The molecule has 0 saturated heterocycles. The van der Waals surface area contributed by atoms with Gasteiger partial charge >= 0.3 is 5.97 Å². The number of nitrogens with two attached hydrogens (primary N) is 1. The zero-order chi connectivity index (χ0) is 14.7. The summed E-state index contributed by atoms with van der Waals surface area (Å²) in [5.74, 6) is -0.859. The highest BCUT2D eigenvalue weighted by atomic mass is 79.9. The molecule has 2 rings (SSSR count). The number of halogens is 2. The molecule has 20 heavy (non-hydrogen) atoms. The summed E-state index contributed by atoms with van der Waals surface area (Å²) < 4.78 is 18.2. The molecule has 0 amide bonds. The van der Waals surface area contributed by atoms with E-state index >= 15 is 0 Å². The van der Waals surface area contributed by atoms with Gasteiger partial charge in [-0.15, -0.1) is 0 Å². The first-order valence-corrected chi connectivity index (χ1v) is 6.50. The first-order chi connectivity index (χ1) is 9.51. The number of carbonyl (C=O) groups excluding carboxylic acids is 1. The fourth-order valence-electron chi connectivity index (χ4n) is 1.68. The van der Waals surface area contributed by atoms with Crippen LogP contribution in [0.2, 0.25) is 0 Å². The lowest BCUT2D eigenvalue weighted by Gasteiger charge is -2.12. The van der Waals surface area contributed by atoms with Crippen molar-refractivity contribution in [1.82, 2.24) is 0 Å². The lowest BCUT2D eigenvalue weighted by atomic mass is 10.1. The number of methoxy groups -OCH3 is 1. The van der Waals surface area contributed by atoms with Crippen molar-refractivity contribution in [2.45, 2.75) is 0 Å². The Kier molecular flexibility index (Phi) is 4.24. The molecule has 0 aromatic heterocycles. The molecule has 0 heterocycles. The average molecular weight is 339 g/mol. The first kappa shape index (κ1) is 14.3. The van der Waals surface area contributed by atoms with E-state index < -0.39 is 5.97 Å². The highest BCUT2D eigenvalue weighted by Crippen LogP contribution is 2.26. The predicted molar refractivity (Wildman–Crippen MR) is 79.6 cm³/mol. The van der Waals surface area contributed by atoms with Crippen LogP contribution in [-0.2, 0) is 4.74 Å². The van der Waals surface area contributed by atoms with Crippen molar-refractivity contribution in [1.29, 1.82) is 0 Å². The van der Waals surface area contributed by atoms with E-state index in [0.29, 0.717) is 27.1 Å². The summed E-state index contributed by atoms with van der Waals surface area (Å²) in [5, 5.41) is 3.03. The number of benzene rings is 2. The average Bonchev–Trinajstić information content (AvgIpc) is 2.44. The monoisotopic (exact) mass is 338 g/mol. The number of carbonyl (C=O) groups is 1. The molecule has 0 fully saturated rings. The quantitative estimate of drug-likeness (QED) is 0.661. The molecule has 4 nitrogen and oxygen atoms in total. The third-order valence-corrected chi connectivity index (χ3v) is 3.26. The van der Waals surface area contributed by atoms with Gasteiger partial charge in [-0.1, -0.05) is 0 Å². The molecule has 0 spiro atoms. The molecule has 0 aliphatic rings. The topological polar surface area (TPSA) is 64.3 Å². The molecule has 0 unspecified atom stereocenters. The third-order valence-electron chi connectivity index (χ3n) is 2.65. The Morgan fingerprint density at radius 3 is 2.70 bits per heavy atom. The minimum absolute atomic E-state index is 0.313. The maximum absolute atomic E-state index is 13.2. The molecule has 0 saturated carbocycles. The van der Waals surface area contributed by atoms with Gasteiger partial charge in [-0.3, -0.25) is 0 Å². The van der Waals surface area contributed by atoms with E-state index in [1.54, 1.807) is 24.3 Å². The van der Waals surface area contributed by atoms with Crippen molar-refractivity contribution >= 4 is 39.0 Å². The molecule has 3 N–H and O–H groups in total. The summed E-state index contributed by atoms with van der Waals surface area (Å²) >= 11 is 3.11. The van der Waals surface area contributed by atoms with Crippen LogP contribution in [0, 0.1) is 5.82 Å². The number of nitrogens with one attached hydrogen (secondary N) is 1. The summed E-state index contributed by atoms with van der Waals surface area (Å²) in [5.41, 5.74) is 7.60. The second kappa shape index (κ2) is 5.92. The van der Waals surface area contributed by atoms with Crippen LogP contribution in [0.3, 0.4) is 0 Å². The Morgan fingerprint density at radius 2 is 2.05 bits per heavy atom. The fraction of sp³-hybridized carbons (Fsp3) is 0.0714. The molecular formula is C14H12BrFN2O2. The number of ether oxygens (including phenoxy) is 1. The number of hydrogen-bond donors (Lipinski definition) is 2. The SMILES string of the molecule is COC(=O)c1cc(N)ccc1Nc1ccc(F)c(Br)c1. The van der Waals surface area contributed by atoms with E-state index in [4.69, 9.17) is 10.5 Å². The highest BCUT2D eigenvalue weighted by Gasteiger charge is 2.13. The molecule has 0 bridgehead atoms. The van der Waals surface area contributed by atoms with Crippen LogP contribution in [-0.4, -0.2) is 13.1 Å². The maximum atomic E-state index is 13.2. The Labute approximate surface area is 123 Å². The Bertz CT molecular complexity index is 662. The summed E-state index contributed by atoms with van der Waals surface area (Å²) in [6.07, 6.45) is 0. The van der Waals surface area contributed by atoms with Gasteiger partial charge < -0.3 is 15.8 Å². The minimum Gasteiger partial charge on any atom is -0.465 e. The van der Waals surface area contributed by atoms with Gasteiger partial charge in [0.05, 0.1) is 22.8 Å².